The second-order valence-electron chi connectivity index (χ2n) is 4.51. The van der Waals surface area contributed by atoms with E-state index < -0.39 is 0 Å². The standard InChI is InChI=1S/C13H22N4/c1-3-4-16-5-7-17(8-6-16)13-9-12(14-2)10-15-11-13/h9-11,14H,3-8H2,1-2H3. The maximum atomic E-state index is 4.27. The number of nitrogens with zero attached hydrogens (tertiary/aromatic N) is 3. The normalized spacial score (nSPS) is 17.2. The lowest BCUT2D eigenvalue weighted by Gasteiger charge is -2.35. The van der Waals surface area contributed by atoms with E-state index in [1.807, 2.05) is 19.4 Å². The highest BCUT2D eigenvalue weighted by atomic mass is 15.3. The Labute approximate surface area is 104 Å². The summed E-state index contributed by atoms with van der Waals surface area (Å²) in [6.07, 6.45) is 5.06. The van der Waals surface area contributed by atoms with Crippen LogP contribution < -0.4 is 10.2 Å². The summed E-state index contributed by atoms with van der Waals surface area (Å²) in [7, 11) is 1.93. The Kier molecular flexibility index (Phi) is 4.20. The van der Waals surface area contributed by atoms with Crippen LogP contribution in [0.5, 0.6) is 0 Å². The third-order valence-electron chi connectivity index (χ3n) is 3.29. The average Bonchev–Trinajstić information content (AvgIpc) is 2.40. The van der Waals surface area contributed by atoms with Crippen LogP contribution in [-0.2, 0) is 0 Å². The molecule has 0 aliphatic carbocycles. The maximum Gasteiger partial charge on any atom is 0.0574 e. The van der Waals surface area contributed by atoms with Crippen molar-refractivity contribution < 1.29 is 0 Å². The van der Waals surface area contributed by atoms with Crippen LogP contribution in [0.15, 0.2) is 18.5 Å². The number of hydrogen-bond acceptors (Lipinski definition) is 4. The van der Waals surface area contributed by atoms with Gasteiger partial charge in [-0.3, -0.25) is 9.88 Å². The summed E-state index contributed by atoms with van der Waals surface area (Å²) >= 11 is 0. The SMILES string of the molecule is CCCN1CCN(c2cncc(NC)c2)CC1. The quantitative estimate of drug-likeness (QED) is 0.858. The zero-order valence-corrected chi connectivity index (χ0v) is 10.8. The first-order valence-corrected chi connectivity index (χ1v) is 6.43. The summed E-state index contributed by atoms with van der Waals surface area (Å²) in [5, 5.41) is 3.14. The summed E-state index contributed by atoms with van der Waals surface area (Å²) in [6, 6.07) is 2.17. The van der Waals surface area contributed by atoms with Crippen LogP contribution in [0.4, 0.5) is 11.4 Å². The Morgan fingerprint density at radius 2 is 2.00 bits per heavy atom. The average molecular weight is 234 g/mol. The van der Waals surface area contributed by atoms with Gasteiger partial charge in [-0.1, -0.05) is 6.92 Å². The van der Waals surface area contributed by atoms with Gasteiger partial charge in [-0.2, -0.15) is 0 Å². The van der Waals surface area contributed by atoms with Gasteiger partial charge in [0.2, 0.25) is 0 Å². The number of hydrogen-bond donors (Lipinski definition) is 1. The Morgan fingerprint density at radius 3 is 2.65 bits per heavy atom. The van der Waals surface area contributed by atoms with Crippen molar-refractivity contribution in [2.24, 2.45) is 0 Å². The van der Waals surface area contributed by atoms with E-state index in [0.29, 0.717) is 0 Å². The smallest absolute Gasteiger partial charge is 0.0574 e. The first kappa shape index (κ1) is 12.2. The van der Waals surface area contributed by atoms with Crippen molar-refractivity contribution >= 4 is 11.4 Å². The molecule has 94 valence electrons. The lowest BCUT2D eigenvalue weighted by molar-refractivity contribution is 0.258. The highest BCUT2D eigenvalue weighted by Gasteiger charge is 2.16. The third kappa shape index (κ3) is 3.09. The molecule has 1 fully saturated rings. The molecule has 1 aromatic heterocycles. The predicted octanol–water partition coefficient (Wildman–Crippen LogP) is 1.66. The number of rotatable bonds is 4. The second kappa shape index (κ2) is 5.87. The fourth-order valence-electron chi connectivity index (χ4n) is 2.28. The summed E-state index contributed by atoms with van der Waals surface area (Å²) in [5.41, 5.74) is 2.31. The zero-order valence-electron chi connectivity index (χ0n) is 10.8. The highest BCUT2D eigenvalue weighted by molar-refractivity contribution is 5.55. The van der Waals surface area contributed by atoms with E-state index in [0.717, 1.165) is 31.9 Å². The van der Waals surface area contributed by atoms with Crippen molar-refractivity contribution in [2.75, 3.05) is 50.0 Å². The summed E-state index contributed by atoms with van der Waals surface area (Å²) in [6.45, 7) is 8.01. The Hall–Kier alpha value is -1.29. The molecule has 1 aliphatic rings. The van der Waals surface area contributed by atoms with Crippen LogP contribution in [-0.4, -0.2) is 49.7 Å². The Bertz CT molecular complexity index is 345. The third-order valence-corrected chi connectivity index (χ3v) is 3.29. The summed E-state index contributed by atoms with van der Waals surface area (Å²) in [4.78, 5) is 9.22. The minimum atomic E-state index is 1.08. The first-order chi connectivity index (χ1) is 8.33. The van der Waals surface area contributed by atoms with Crippen molar-refractivity contribution in [2.45, 2.75) is 13.3 Å². The molecule has 2 heterocycles. The van der Waals surface area contributed by atoms with E-state index in [-0.39, 0.29) is 0 Å². The first-order valence-electron chi connectivity index (χ1n) is 6.43. The molecule has 2 rings (SSSR count). The van der Waals surface area contributed by atoms with Gasteiger partial charge in [0.15, 0.2) is 0 Å². The highest BCUT2D eigenvalue weighted by Crippen LogP contribution is 2.18. The van der Waals surface area contributed by atoms with Gasteiger partial charge in [0.25, 0.3) is 0 Å². The van der Waals surface area contributed by atoms with Crippen LogP contribution in [0.1, 0.15) is 13.3 Å². The summed E-state index contributed by atoms with van der Waals surface area (Å²) in [5.74, 6) is 0. The van der Waals surface area contributed by atoms with Crippen molar-refractivity contribution in [3.8, 4) is 0 Å². The van der Waals surface area contributed by atoms with E-state index >= 15 is 0 Å². The van der Waals surface area contributed by atoms with E-state index in [1.54, 1.807) is 0 Å². The molecule has 1 aliphatic heterocycles. The molecule has 17 heavy (non-hydrogen) atoms. The molecule has 0 bridgehead atoms. The number of nitrogens with one attached hydrogen (secondary N) is 1. The Balaban J connectivity index is 1.95. The van der Waals surface area contributed by atoms with E-state index in [9.17, 15) is 0 Å². The minimum absolute atomic E-state index is 1.08. The molecule has 0 saturated carbocycles. The molecular formula is C13H22N4. The molecular weight excluding hydrogens is 212 g/mol. The lowest BCUT2D eigenvalue weighted by atomic mass is 10.2. The van der Waals surface area contributed by atoms with Crippen LogP contribution in [0.3, 0.4) is 0 Å². The van der Waals surface area contributed by atoms with Gasteiger partial charge in [-0.15, -0.1) is 0 Å². The van der Waals surface area contributed by atoms with E-state index in [1.165, 1.54) is 18.7 Å². The molecule has 0 aromatic carbocycles. The number of piperazine rings is 1. The fraction of sp³-hybridized carbons (Fsp3) is 0.615. The van der Waals surface area contributed by atoms with Gasteiger partial charge >= 0.3 is 0 Å². The van der Waals surface area contributed by atoms with Crippen LogP contribution in [0.25, 0.3) is 0 Å². The second-order valence-corrected chi connectivity index (χ2v) is 4.51. The van der Waals surface area contributed by atoms with Crippen LogP contribution in [0, 0.1) is 0 Å². The van der Waals surface area contributed by atoms with Gasteiger partial charge in [0, 0.05) is 33.2 Å². The molecule has 0 radical (unpaired) electrons. The van der Waals surface area contributed by atoms with Gasteiger partial charge in [-0.05, 0) is 19.0 Å². The molecule has 0 unspecified atom stereocenters. The molecule has 0 amide bonds. The Morgan fingerprint density at radius 1 is 1.24 bits per heavy atom. The molecule has 1 saturated heterocycles. The lowest BCUT2D eigenvalue weighted by Crippen LogP contribution is -2.46. The van der Waals surface area contributed by atoms with Crippen molar-refractivity contribution in [1.29, 1.82) is 0 Å². The molecule has 0 atom stereocenters. The van der Waals surface area contributed by atoms with Gasteiger partial charge < -0.3 is 10.2 Å². The van der Waals surface area contributed by atoms with E-state index in [4.69, 9.17) is 0 Å². The van der Waals surface area contributed by atoms with Crippen molar-refractivity contribution in [1.82, 2.24) is 9.88 Å². The topological polar surface area (TPSA) is 31.4 Å². The monoisotopic (exact) mass is 234 g/mol. The fourth-order valence-corrected chi connectivity index (χ4v) is 2.28. The largest absolute Gasteiger partial charge is 0.387 e. The minimum Gasteiger partial charge on any atom is -0.387 e. The molecule has 1 aromatic rings. The number of anilines is 2. The number of pyridine rings is 1. The van der Waals surface area contributed by atoms with Crippen LogP contribution in [0.2, 0.25) is 0 Å². The van der Waals surface area contributed by atoms with Crippen LogP contribution >= 0.6 is 0 Å². The maximum absolute atomic E-state index is 4.27. The van der Waals surface area contributed by atoms with Gasteiger partial charge in [0.05, 0.1) is 23.8 Å². The molecule has 4 heteroatoms. The van der Waals surface area contributed by atoms with E-state index in [2.05, 4.69) is 33.1 Å². The zero-order chi connectivity index (χ0) is 12.1. The predicted molar refractivity (Wildman–Crippen MR) is 72.7 cm³/mol. The number of aromatic nitrogens is 1. The molecule has 0 spiro atoms. The van der Waals surface area contributed by atoms with Gasteiger partial charge in [0.1, 0.15) is 0 Å². The van der Waals surface area contributed by atoms with Gasteiger partial charge in [-0.25, -0.2) is 0 Å². The van der Waals surface area contributed by atoms with Crippen molar-refractivity contribution in [3.63, 3.8) is 0 Å². The molecule has 1 N–H and O–H groups in total. The summed E-state index contributed by atoms with van der Waals surface area (Å²) < 4.78 is 0. The molecule has 4 nitrogen and oxygen atoms in total. The van der Waals surface area contributed by atoms with Crippen molar-refractivity contribution in [3.05, 3.63) is 18.5 Å².